The lowest BCUT2D eigenvalue weighted by molar-refractivity contribution is 0.416. The Hall–Kier alpha value is -0.970. The second-order valence-electron chi connectivity index (χ2n) is 3.96. The highest BCUT2D eigenvalue weighted by molar-refractivity contribution is 7.11. The molecule has 2 N–H and O–H groups in total. The van der Waals surface area contributed by atoms with Gasteiger partial charge in [-0.3, -0.25) is 0 Å². The predicted molar refractivity (Wildman–Crippen MR) is 70.4 cm³/mol. The van der Waals surface area contributed by atoms with Crippen LogP contribution in [0.15, 0.2) is 0 Å². The van der Waals surface area contributed by atoms with Crippen LogP contribution >= 0.6 is 11.5 Å². The summed E-state index contributed by atoms with van der Waals surface area (Å²) >= 11 is 1.41. The van der Waals surface area contributed by atoms with E-state index in [1.54, 1.807) is 7.11 Å². The first-order valence-electron chi connectivity index (χ1n) is 5.68. The number of nitrogen functional groups attached to an aromatic ring is 1. The molecule has 92 valence electrons. The number of ether oxygens (including phenoxy) is 1. The lowest BCUT2D eigenvalue weighted by atomic mass is 10.1. The summed E-state index contributed by atoms with van der Waals surface area (Å²) in [6.45, 7) is 8.56. The number of nitrogens with zero attached hydrogens (tertiary/aromatic N) is 2. The van der Waals surface area contributed by atoms with Gasteiger partial charge in [0.25, 0.3) is 0 Å². The molecule has 16 heavy (non-hydrogen) atoms. The lowest BCUT2D eigenvalue weighted by Crippen LogP contribution is -2.27. The summed E-state index contributed by atoms with van der Waals surface area (Å²) in [6, 6.07) is 0. The minimum atomic E-state index is 0.491. The maximum atomic E-state index is 5.76. The third kappa shape index (κ3) is 2.78. The number of hydrogen-bond donors (Lipinski definition) is 1. The quantitative estimate of drug-likeness (QED) is 0.834. The molecule has 0 saturated carbocycles. The minimum absolute atomic E-state index is 0.491. The minimum Gasteiger partial charge on any atom is -0.490 e. The highest BCUT2D eigenvalue weighted by Crippen LogP contribution is 2.38. The van der Waals surface area contributed by atoms with E-state index in [4.69, 9.17) is 10.5 Å². The van der Waals surface area contributed by atoms with E-state index in [0.29, 0.717) is 11.7 Å². The molecule has 0 radical (unpaired) electrons. The van der Waals surface area contributed by atoms with E-state index >= 15 is 0 Å². The molecule has 0 saturated heterocycles. The van der Waals surface area contributed by atoms with Gasteiger partial charge in [0.2, 0.25) is 0 Å². The lowest BCUT2D eigenvalue weighted by Gasteiger charge is -2.24. The van der Waals surface area contributed by atoms with Gasteiger partial charge in [-0.25, -0.2) is 0 Å². The Bertz CT molecular complexity index is 327. The molecule has 5 heteroatoms. The van der Waals surface area contributed by atoms with Gasteiger partial charge in [0.1, 0.15) is 0 Å². The number of methoxy groups -OCH3 is 1. The molecule has 1 rings (SSSR count). The summed E-state index contributed by atoms with van der Waals surface area (Å²) < 4.78 is 9.44. The molecule has 1 aromatic heterocycles. The number of aromatic nitrogens is 1. The van der Waals surface area contributed by atoms with Crippen LogP contribution in [0.25, 0.3) is 0 Å². The summed E-state index contributed by atoms with van der Waals surface area (Å²) in [7, 11) is 1.64. The third-order valence-electron chi connectivity index (χ3n) is 2.76. The van der Waals surface area contributed by atoms with Crippen molar-refractivity contribution in [2.45, 2.75) is 27.2 Å². The van der Waals surface area contributed by atoms with Crippen molar-refractivity contribution in [3.63, 3.8) is 0 Å². The summed E-state index contributed by atoms with van der Waals surface area (Å²) in [5, 5.41) is 1.04. The van der Waals surface area contributed by atoms with Crippen molar-refractivity contribution in [1.82, 2.24) is 4.37 Å². The summed E-state index contributed by atoms with van der Waals surface area (Å²) in [5.41, 5.74) is 5.76. The Balaban J connectivity index is 2.86. The molecular weight excluding hydrogens is 222 g/mol. The van der Waals surface area contributed by atoms with Gasteiger partial charge in [-0.2, -0.15) is 4.37 Å². The molecule has 1 heterocycles. The first-order valence-corrected chi connectivity index (χ1v) is 6.45. The second-order valence-corrected chi connectivity index (χ2v) is 4.71. The van der Waals surface area contributed by atoms with Crippen LogP contribution in [-0.2, 0) is 0 Å². The van der Waals surface area contributed by atoms with Gasteiger partial charge in [-0.1, -0.05) is 20.3 Å². The van der Waals surface area contributed by atoms with Gasteiger partial charge in [-0.15, -0.1) is 0 Å². The highest BCUT2D eigenvalue weighted by atomic mass is 32.1. The molecule has 0 spiro atoms. The van der Waals surface area contributed by atoms with Crippen LogP contribution in [0, 0.1) is 5.92 Å². The topological polar surface area (TPSA) is 51.4 Å². The van der Waals surface area contributed by atoms with Crippen LogP contribution in [-0.4, -0.2) is 24.6 Å². The van der Waals surface area contributed by atoms with Crippen LogP contribution in [0.3, 0.4) is 0 Å². The third-order valence-corrected chi connectivity index (χ3v) is 3.66. The molecule has 1 aromatic rings. The van der Waals surface area contributed by atoms with Crippen LogP contribution in [0.2, 0.25) is 0 Å². The van der Waals surface area contributed by atoms with E-state index < -0.39 is 0 Å². The normalized spacial score (nSPS) is 12.5. The number of rotatable bonds is 6. The molecule has 1 unspecified atom stereocenters. The van der Waals surface area contributed by atoms with Gasteiger partial charge in [0.15, 0.2) is 16.6 Å². The molecule has 0 aromatic carbocycles. The smallest absolute Gasteiger partial charge is 0.197 e. The standard InChI is InChI=1S/C11H21N3OS/c1-5-8(3)7-14(6-2)11-9(15-4)10(12)13-16-11/h8H,5-7H2,1-4H3,(H2,12,13). The van der Waals surface area contributed by atoms with Crippen molar-refractivity contribution in [2.75, 3.05) is 30.8 Å². The number of hydrogen-bond acceptors (Lipinski definition) is 5. The summed E-state index contributed by atoms with van der Waals surface area (Å²) in [4.78, 5) is 2.28. The monoisotopic (exact) mass is 243 g/mol. The van der Waals surface area contributed by atoms with Crippen LogP contribution in [0.4, 0.5) is 10.8 Å². The zero-order chi connectivity index (χ0) is 12.1. The Morgan fingerprint density at radius 2 is 2.19 bits per heavy atom. The van der Waals surface area contributed by atoms with Gasteiger partial charge in [-0.05, 0) is 24.4 Å². The highest BCUT2D eigenvalue weighted by Gasteiger charge is 2.18. The fourth-order valence-electron chi connectivity index (χ4n) is 1.54. The van der Waals surface area contributed by atoms with Crippen LogP contribution in [0.5, 0.6) is 5.75 Å². The molecule has 0 amide bonds. The van der Waals surface area contributed by atoms with Gasteiger partial charge in [0, 0.05) is 13.1 Å². The zero-order valence-corrected chi connectivity index (χ0v) is 11.3. The number of nitrogens with two attached hydrogens (primary N) is 1. The van der Waals surface area contributed by atoms with Crippen LogP contribution < -0.4 is 15.4 Å². The Labute approximate surface area is 102 Å². The number of anilines is 2. The van der Waals surface area contributed by atoms with Crippen LogP contribution in [0.1, 0.15) is 27.2 Å². The predicted octanol–water partition coefficient (Wildman–Crippen LogP) is 2.61. The van der Waals surface area contributed by atoms with Crippen molar-refractivity contribution < 1.29 is 4.74 Å². The Morgan fingerprint density at radius 3 is 2.69 bits per heavy atom. The van der Waals surface area contributed by atoms with E-state index in [-0.39, 0.29) is 0 Å². The fourth-order valence-corrected chi connectivity index (χ4v) is 2.40. The maximum absolute atomic E-state index is 5.76. The Kier molecular flexibility index (Phi) is 4.86. The summed E-state index contributed by atoms with van der Waals surface area (Å²) in [6.07, 6.45) is 1.17. The largest absolute Gasteiger partial charge is 0.490 e. The van der Waals surface area contributed by atoms with Crippen molar-refractivity contribution in [3.8, 4) is 5.75 Å². The summed E-state index contributed by atoms with van der Waals surface area (Å²) in [5.74, 6) is 1.87. The SMILES string of the molecule is CCC(C)CN(CC)c1snc(N)c1OC. The van der Waals surface area contributed by atoms with Crippen molar-refractivity contribution in [1.29, 1.82) is 0 Å². The molecule has 0 aliphatic rings. The van der Waals surface area contributed by atoms with E-state index in [1.165, 1.54) is 18.0 Å². The van der Waals surface area contributed by atoms with Gasteiger partial charge in [0.05, 0.1) is 7.11 Å². The average Bonchev–Trinajstić information content (AvgIpc) is 2.66. The van der Waals surface area contributed by atoms with Crippen molar-refractivity contribution in [3.05, 3.63) is 0 Å². The average molecular weight is 243 g/mol. The van der Waals surface area contributed by atoms with Gasteiger partial charge >= 0.3 is 0 Å². The molecule has 1 atom stereocenters. The van der Waals surface area contributed by atoms with Crippen molar-refractivity contribution in [2.24, 2.45) is 5.92 Å². The first kappa shape index (κ1) is 13.1. The van der Waals surface area contributed by atoms with E-state index in [0.717, 1.165) is 23.8 Å². The maximum Gasteiger partial charge on any atom is 0.197 e. The van der Waals surface area contributed by atoms with Crippen molar-refractivity contribution >= 4 is 22.4 Å². The van der Waals surface area contributed by atoms with E-state index in [2.05, 4.69) is 30.0 Å². The Morgan fingerprint density at radius 1 is 1.50 bits per heavy atom. The molecule has 0 aliphatic heterocycles. The molecule has 4 nitrogen and oxygen atoms in total. The fraction of sp³-hybridized carbons (Fsp3) is 0.727. The molecular formula is C11H21N3OS. The van der Waals surface area contributed by atoms with E-state index in [9.17, 15) is 0 Å². The molecule has 0 bridgehead atoms. The first-order chi connectivity index (χ1) is 7.63. The molecule has 0 fully saturated rings. The van der Waals surface area contributed by atoms with E-state index in [1.807, 2.05) is 0 Å². The molecule has 0 aliphatic carbocycles. The second kappa shape index (κ2) is 5.94. The zero-order valence-electron chi connectivity index (χ0n) is 10.5. The van der Waals surface area contributed by atoms with Gasteiger partial charge < -0.3 is 15.4 Å².